The first-order valence-corrected chi connectivity index (χ1v) is 13.9. The van der Waals surface area contributed by atoms with Crippen LogP contribution in [-0.2, 0) is 19.1 Å². The first kappa shape index (κ1) is 31.7. The highest BCUT2D eigenvalue weighted by atomic mass is 127. The van der Waals surface area contributed by atoms with Crippen molar-refractivity contribution in [3.8, 4) is 0 Å². The lowest BCUT2D eigenvalue weighted by Crippen LogP contribution is -2.34. The van der Waals surface area contributed by atoms with Crippen molar-refractivity contribution in [3.05, 3.63) is 55.9 Å². The molecule has 0 aromatic rings. The molecule has 2 amide bonds. The fourth-order valence-electron chi connectivity index (χ4n) is 5.03. The van der Waals surface area contributed by atoms with Crippen LogP contribution in [0.25, 0.3) is 0 Å². The molecule has 6 atom stereocenters. The Morgan fingerprint density at radius 1 is 1.08 bits per heavy atom. The van der Waals surface area contributed by atoms with Crippen molar-refractivity contribution in [1.82, 2.24) is 5.32 Å². The Bertz CT molecular complexity index is 1150. The van der Waals surface area contributed by atoms with E-state index >= 15 is 0 Å². The van der Waals surface area contributed by atoms with Crippen LogP contribution in [-0.4, -0.2) is 40.9 Å². The van der Waals surface area contributed by atoms with Crippen LogP contribution in [0.2, 0.25) is 0 Å². The smallest absolute Gasteiger partial charge is 0.405 e. The number of aliphatic hydroxyl groups is 1. The summed E-state index contributed by atoms with van der Waals surface area (Å²) < 4.78 is 5.58. The molecular formula is C29H39IN2O6. The van der Waals surface area contributed by atoms with E-state index in [-0.39, 0.29) is 44.5 Å². The van der Waals surface area contributed by atoms with Gasteiger partial charge in [-0.2, -0.15) is 0 Å². The number of carbonyl (C=O) groups excluding carboxylic acids is 4. The van der Waals surface area contributed by atoms with Crippen LogP contribution in [0.4, 0.5) is 4.79 Å². The van der Waals surface area contributed by atoms with Gasteiger partial charge in [-0.25, -0.2) is 4.79 Å². The molecule has 9 heteroatoms. The van der Waals surface area contributed by atoms with Crippen molar-refractivity contribution in [2.75, 3.05) is 0 Å². The number of primary amides is 1. The summed E-state index contributed by atoms with van der Waals surface area (Å²) in [5.41, 5.74) is 7.19. The molecule has 0 fully saturated rings. The normalized spacial score (nSPS) is 34.2. The standard InChI is InChI=1S/C29H39IN2O6/c1-14-11-17(4)24(33)18(5)13-19(6)27(38-29(31)37)15(2)9-8-10-16(3)28(36)32-23-22(30)25(34)20(7)21(12-14)26(23)35/h8-10,13-15,17-18,24,27,33H,11-12H2,1-7H3,(H2,31,37)(H,32,36)/b9-8-,16-10+,19-13+/t14-,15-,17-,18-,24-,27+/m0/s1. The molecule has 4 N–H and O–H groups in total. The minimum Gasteiger partial charge on any atom is -0.441 e. The number of hydrogen-bond donors (Lipinski definition) is 3. The van der Waals surface area contributed by atoms with Gasteiger partial charge >= 0.3 is 6.09 Å². The maximum atomic E-state index is 13.4. The molecule has 2 aliphatic rings. The molecule has 0 saturated carbocycles. The zero-order valence-electron chi connectivity index (χ0n) is 23.1. The Balaban J connectivity index is 2.55. The summed E-state index contributed by atoms with van der Waals surface area (Å²) in [5, 5.41) is 13.7. The van der Waals surface area contributed by atoms with Gasteiger partial charge in [0.25, 0.3) is 5.91 Å². The average Bonchev–Trinajstić information content (AvgIpc) is 2.84. The summed E-state index contributed by atoms with van der Waals surface area (Å²) in [7, 11) is 0. The Labute approximate surface area is 238 Å². The monoisotopic (exact) mass is 638 g/mol. The number of Topliss-reactive ketones (excluding diaryl/α,β-unsaturated/α-hetero) is 2. The number of ketones is 2. The van der Waals surface area contributed by atoms with Crippen LogP contribution >= 0.6 is 22.6 Å². The van der Waals surface area contributed by atoms with Gasteiger partial charge in [-0.3, -0.25) is 14.4 Å². The first-order valence-electron chi connectivity index (χ1n) is 12.8. The molecule has 8 nitrogen and oxygen atoms in total. The van der Waals surface area contributed by atoms with E-state index in [4.69, 9.17) is 10.5 Å². The van der Waals surface area contributed by atoms with Crippen molar-refractivity contribution in [1.29, 1.82) is 0 Å². The molecule has 0 radical (unpaired) electrons. The second kappa shape index (κ2) is 13.5. The topological polar surface area (TPSA) is 136 Å². The molecule has 1 aliphatic carbocycles. The van der Waals surface area contributed by atoms with E-state index < -0.39 is 24.2 Å². The fraction of sp³-hybridized carbons (Fsp3) is 0.517. The number of fused-ring (bicyclic) bond motifs is 2. The third kappa shape index (κ3) is 7.75. The van der Waals surface area contributed by atoms with Gasteiger partial charge in [0.05, 0.1) is 9.68 Å². The lowest BCUT2D eigenvalue weighted by Gasteiger charge is -2.28. The fourth-order valence-corrected chi connectivity index (χ4v) is 5.81. The van der Waals surface area contributed by atoms with Crippen LogP contribution < -0.4 is 11.1 Å². The van der Waals surface area contributed by atoms with Gasteiger partial charge in [0.15, 0.2) is 5.78 Å². The van der Waals surface area contributed by atoms with E-state index in [1.165, 1.54) is 0 Å². The number of aliphatic hydroxyl groups excluding tert-OH is 1. The van der Waals surface area contributed by atoms with Crippen molar-refractivity contribution in [2.24, 2.45) is 29.4 Å². The minimum absolute atomic E-state index is 0.00661. The van der Waals surface area contributed by atoms with Gasteiger partial charge in [-0.05, 0) is 73.6 Å². The zero-order chi connectivity index (χ0) is 28.9. The van der Waals surface area contributed by atoms with Crippen molar-refractivity contribution < 1.29 is 29.0 Å². The molecule has 0 aromatic heterocycles. The van der Waals surface area contributed by atoms with Crippen molar-refractivity contribution in [2.45, 2.75) is 73.5 Å². The predicted octanol–water partition coefficient (Wildman–Crippen LogP) is 4.83. The van der Waals surface area contributed by atoms with Gasteiger partial charge in [-0.1, -0.05) is 52.0 Å². The van der Waals surface area contributed by atoms with Gasteiger partial charge in [-0.15, -0.1) is 0 Å². The van der Waals surface area contributed by atoms with Crippen LogP contribution in [0.15, 0.2) is 55.9 Å². The highest BCUT2D eigenvalue weighted by Crippen LogP contribution is 2.33. The molecule has 208 valence electrons. The van der Waals surface area contributed by atoms with Crippen LogP contribution in [0.3, 0.4) is 0 Å². The van der Waals surface area contributed by atoms with Gasteiger partial charge in [0, 0.05) is 28.6 Å². The summed E-state index contributed by atoms with van der Waals surface area (Å²) in [5.74, 6) is -1.77. The van der Waals surface area contributed by atoms with E-state index in [9.17, 15) is 24.3 Å². The average molecular weight is 639 g/mol. The Kier molecular flexibility index (Phi) is 11.3. The number of nitrogens with two attached hydrogens (primary N) is 1. The number of carbonyl (C=O) groups is 4. The number of ether oxygens (including phenoxy) is 1. The zero-order valence-corrected chi connectivity index (χ0v) is 25.3. The summed E-state index contributed by atoms with van der Waals surface area (Å²) in [6.45, 7) is 12.8. The third-order valence-electron chi connectivity index (χ3n) is 7.21. The van der Waals surface area contributed by atoms with Gasteiger partial charge in [0.2, 0.25) is 5.78 Å². The highest BCUT2D eigenvalue weighted by molar-refractivity contribution is 14.1. The van der Waals surface area contributed by atoms with Crippen LogP contribution in [0.1, 0.15) is 61.3 Å². The summed E-state index contributed by atoms with van der Waals surface area (Å²) in [6, 6.07) is 0. The summed E-state index contributed by atoms with van der Waals surface area (Å²) in [4.78, 5) is 50.8. The van der Waals surface area contributed by atoms with E-state index in [1.807, 2.05) is 63.3 Å². The molecule has 2 bridgehead atoms. The number of hydrogen-bond acceptors (Lipinski definition) is 6. The number of rotatable bonds is 1. The predicted molar refractivity (Wildman–Crippen MR) is 155 cm³/mol. The molecule has 2 rings (SSSR count). The number of halogens is 1. The second-order valence-electron chi connectivity index (χ2n) is 10.6. The Morgan fingerprint density at radius 3 is 2.32 bits per heavy atom. The molecule has 0 saturated heterocycles. The van der Waals surface area contributed by atoms with Crippen molar-refractivity contribution >= 4 is 46.2 Å². The second-order valence-corrected chi connectivity index (χ2v) is 11.7. The van der Waals surface area contributed by atoms with Crippen molar-refractivity contribution in [3.63, 3.8) is 0 Å². The summed E-state index contributed by atoms with van der Waals surface area (Å²) in [6.07, 6.45) is 5.65. The molecule has 38 heavy (non-hydrogen) atoms. The lowest BCUT2D eigenvalue weighted by molar-refractivity contribution is -0.120. The first-order chi connectivity index (χ1) is 17.6. The van der Waals surface area contributed by atoms with Gasteiger partial charge < -0.3 is 20.9 Å². The molecule has 1 aliphatic heterocycles. The van der Waals surface area contributed by atoms with E-state index in [0.29, 0.717) is 29.6 Å². The van der Waals surface area contributed by atoms with E-state index in [1.54, 1.807) is 32.1 Å². The number of nitrogens with one attached hydrogen (secondary N) is 1. The molecule has 1 heterocycles. The SMILES string of the molecule is CC1=C2C[C@@H](C)C[C@H](C)[C@H](O)[C@@H](C)/C=C(\C)[C@H](OC(N)=O)[C@@H](C)/C=C\C=C(/C)C(=O)NC(=C(I)C1=O)C2=O. The lowest BCUT2D eigenvalue weighted by atomic mass is 9.81. The number of amides is 2. The highest BCUT2D eigenvalue weighted by Gasteiger charge is 2.34. The molecule has 0 spiro atoms. The quantitative estimate of drug-likeness (QED) is 0.214. The van der Waals surface area contributed by atoms with E-state index in [0.717, 1.165) is 5.57 Å². The molecular weight excluding hydrogens is 599 g/mol. The number of allylic oxidation sites excluding steroid dienone is 5. The largest absolute Gasteiger partial charge is 0.441 e. The minimum atomic E-state index is -0.902. The Hall–Kier alpha value is -2.53. The third-order valence-corrected chi connectivity index (χ3v) is 8.24. The Morgan fingerprint density at radius 2 is 1.71 bits per heavy atom. The molecule has 0 unspecified atom stereocenters. The van der Waals surface area contributed by atoms with Crippen LogP contribution in [0, 0.1) is 23.7 Å². The summed E-state index contributed by atoms with van der Waals surface area (Å²) >= 11 is 1.81. The van der Waals surface area contributed by atoms with Gasteiger partial charge in [0.1, 0.15) is 11.8 Å². The molecule has 0 aromatic carbocycles. The maximum absolute atomic E-state index is 13.4. The van der Waals surface area contributed by atoms with E-state index in [2.05, 4.69) is 5.32 Å². The maximum Gasteiger partial charge on any atom is 0.405 e. The van der Waals surface area contributed by atoms with Crippen LogP contribution in [0.5, 0.6) is 0 Å².